The van der Waals surface area contributed by atoms with Gasteiger partial charge in [0.1, 0.15) is 0 Å². The number of benzene rings is 1. The molecule has 0 spiro atoms. The Morgan fingerprint density at radius 2 is 2.00 bits per heavy atom. The molecule has 128 valence electrons. The maximum atomic E-state index is 12.4. The van der Waals surface area contributed by atoms with Crippen LogP contribution in [0.5, 0.6) is 5.75 Å². The van der Waals surface area contributed by atoms with Gasteiger partial charge >= 0.3 is 0 Å². The lowest BCUT2D eigenvalue weighted by molar-refractivity contribution is 0.0936. The van der Waals surface area contributed by atoms with Crippen LogP contribution >= 0.6 is 0 Å². The van der Waals surface area contributed by atoms with Crippen molar-refractivity contribution in [1.29, 1.82) is 0 Å². The molecule has 1 aromatic carbocycles. The van der Waals surface area contributed by atoms with Crippen molar-refractivity contribution in [3.05, 3.63) is 59.9 Å². The Morgan fingerprint density at radius 3 is 2.67 bits per heavy atom. The summed E-state index contributed by atoms with van der Waals surface area (Å²) in [7, 11) is 0. The molecule has 5 heteroatoms. The number of pyridine rings is 1. The van der Waals surface area contributed by atoms with E-state index in [2.05, 4.69) is 10.3 Å². The lowest BCUT2D eigenvalue weighted by Gasteiger charge is -2.20. The second kappa shape index (κ2) is 9.03. The minimum atomic E-state index is -0.444. The summed E-state index contributed by atoms with van der Waals surface area (Å²) in [6.07, 6.45) is 1.70. The molecule has 2 atom stereocenters. The van der Waals surface area contributed by atoms with Gasteiger partial charge in [-0.25, -0.2) is 4.98 Å². The normalized spacial score (nSPS) is 13.1. The molecule has 0 radical (unpaired) electrons. The molecule has 2 rings (SSSR count). The van der Waals surface area contributed by atoms with Gasteiger partial charge in [0, 0.05) is 18.7 Å². The highest BCUT2D eigenvalue weighted by Crippen LogP contribution is 2.21. The topological polar surface area (TPSA) is 71.5 Å². The number of ether oxygens (including phenoxy) is 1. The predicted molar refractivity (Wildman–Crippen MR) is 93.2 cm³/mol. The van der Waals surface area contributed by atoms with E-state index in [1.807, 2.05) is 37.3 Å². The molecule has 0 aliphatic carbocycles. The Labute approximate surface area is 142 Å². The number of nitrogens with one attached hydrogen (secondary N) is 1. The fourth-order valence-electron chi connectivity index (χ4n) is 2.61. The van der Waals surface area contributed by atoms with E-state index in [9.17, 15) is 9.90 Å². The summed E-state index contributed by atoms with van der Waals surface area (Å²) in [5.74, 6) is 0.240. The molecule has 1 aromatic heterocycles. The molecule has 2 aromatic rings. The Bertz CT molecular complexity index is 644. The summed E-state index contributed by atoms with van der Waals surface area (Å²) >= 11 is 0. The highest BCUT2D eigenvalue weighted by Gasteiger charge is 2.18. The number of aliphatic hydroxyl groups is 1. The number of hydrogen-bond donors (Lipinski definition) is 2. The van der Waals surface area contributed by atoms with Crippen LogP contribution in [0.1, 0.15) is 42.2 Å². The second-order valence-corrected chi connectivity index (χ2v) is 5.69. The molecule has 1 heterocycles. The van der Waals surface area contributed by atoms with E-state index in [1.165, 1.54) is 0 Å². The first-order valence-electron chi connectivity index (χ1n) is 8.20. The van der Waals surface area contributed by atoms with Gasteiger partial charge in [-0.1, -0.05) is 30.3 Å². The number of carbonyl (C=O) groups excluding carboxylic acids is 1. The highest BCUT2D eigenvalue weighted by molar-refractivity contribution is 5.94. The fourth-order valence-corrected chi connectivity index (χ4v) is 2.61. The monoisotopic (exact) mass is 328 g/mol. The van der Waals surface area contributed by atoms with Gasteiger partial charge in [-0.3, -0.25) is 4.79 Å². The lowest BCUT2D eigenvalue weighted by Crippen LogP contribution is -2.30. The quantitative estimate of drug-likeness (QED) is 0.781. The third-order valence-electron chi connectivity index (χ3n) is 3.69. The van der Waals surface area contributed by atoms with Crippen molar-refractivity contribution in [3.8, 4) is 5.75 Å². The molecular formula is C19H24N2O3. The fraction of sp³-hybridized carbons (Fsp3) is 0.368. The van der Waals surface area contributed by atoms with Gasteiger partial charge in [0.2, 0.25) is 0 Å². The van der Waals surface area contributed by atoms with E-state index >= 15 is 0 Å². The molecule has 0 saturated carbocycles. The van der Waals surface area contributed by atoms with Gasteiger partial charge in [0.05, 0.1) is 12.7 Å². The zero-order chi connectivity index (χ0) is 17.4. The van der Waals surface area contributed by atoms with Crippen molar-refractivity contribution in [2.45, 2.75) is 32.3 Å². The average Bonchev–Trinajstić information content (AvgIpc) is 2.59. The van der Waals surface area contributed by atoms with E-state index < -0.39 is 6.10 Å². The molecule has 2 unspecified atom stereocenters. The number of amides is 1. The van der Waals surface area contributed by atoms with Crippen molar-refractivity contribution in [1.82, 2.24) is 10.3 Å². The number of aliphatic hydroxyl groups excluding tert-OH is 1. The van der Waals surface area contributed by atoms with Crippen molar-refractivity contribution in [2.24, 2.45) is 0 Å². The lowest BCUT2D eigenvalue weighted by atomic mass is 9.93. The number of hydrogen-bond acceptors (Lipinski definition) is 4. The maximum Gasteiger partial charge on any atom is 0.273 e. The first kappa shape index (κ1) is 17.9. The van der Waals surface area contributed by atoms with E-state index in [-0.39, 0.29) is 17.5 Å². The number of rotatable bonds is 8. The Kier molecular flexibility index (Phi) is 6.75. The van der Waals surface area contributed by atoms with Crippen LogP contribution < -0.4 is 10.1 Å². The maximum absolute atomic E-state index is 12.4. The van der Waals surface area contributed by atoms with Crippen molar-refractivity contribution in [3.63, 3.8) is 0 Å². The second-order valence-electron chi connectivity index (χ2n) is 5.69. The molecule has 0 bridgehead atoms. The van der Waals surface area contributed by atoms with Crippen LogP contribution in [-0.4, -0.2) is 35.3 Å². The smallest absolute Gasteiger partial charge is 0.273 e. The summed E-state index contributed by atoms with van der Waals surface area (Å²) in [5.41, 5.74) is 1.37. The minimum Gasteiger partial charge on any atom is -0.491 e. The van der Waals surface area contributed by atoms with E-state index in [0.717, 1.165) is 5.56 Å². The zero-order valence-corrected chi connectivity index (χ0v) is 14.1. The van der Waals surface area contributed by atoms with Crippen LogP contribution in [0.3, 0.4) is 0 Å². The first-order chi connectivity index (χ1) is 11.6. The molecular weight excluding hydrogens is 304 g/mol. The van der Waals surface area contributed by atoms with E-state index in [1.54, 1.807) is 25.3 Å². The summed E-state index contributed by atoms with van der Waals surface area (Å²) in [5, 5.41) is 12.6. The van der Waals surface area contributed by atoms with Crippen LogP contribution in [0.15, 0.2) is 48.7 Å². The number of nitrogens with zero attached hydrogens (tertiary/aromatic N) is 1. The third kappa shape index (κ3) is 5.06. The first-order valence-corrected chi connectivity index (χ1v) is 8.20. The Hall–Kier alpha value is -2.40. The van der Waals surface area contributed by atoms with Gasteiger partial charge in [-0.15, -0.1) is 0 Å². The van der Waals surface area contributed by atoms with Gasteiger partial charge in [-0.2, -0.15) is 0 Å². The SMILES string of the molecule is CCOc1cccnc1C(=O)NCC(CC(C)O)c1ccccc1. The molecule has 24 heavy (non-hydrogen) atoms. The standard InChI is InChI=1S/C19H24N2O3/c1-3-24-17-10-7-11-20-18(17)19(23)21-13-16(12-14(2)22)15-8-5-4-6-9-15/h4-11,14,16,22H,3,12-13H2,1-2H3,(H,21,23). The largest absolute Gasteiger partial charge is 0.491 e. The van der Waals surface area contributed by atoms with Crippen molar-refractivity contribution in [2.75, 3.05) is 13.2 Å². The van der Waals surface area contributed by atoms with Crippen LogP contribution in [0, 0.1) is 0 Å². The van der Waals surface area contributed by atoms with Crippen LogP contribution in [0.25, 0.3) is 0 Å². The average molecular weight is 328 g/mol. The molecule has 0 aliphatic rings. The summed E-state index contributed by atoms with van der Waals surface area (Å²) in [6, 6.07) is 13.3. The van der Waals surface area contributed by atoms with Crippen LogP contribution in [0.4, 0.5) is 0 Å². The molecule has 0 aliphatic heterocycles. The van der Waals surface area contributed by atoms with Crippen LogP contribution in [-0.2, 0) is 0 Å². The highest BCUT2D eigenvalue weighted by atomic mass is 16.5. The molecule has 0 saturated heterocycles. The molecule has 5 nitrogen and oxygen atoms in total. The molecule has 1 amide bonds. The number of aromatic nitrogens is 1. The van der Waals surface area contributed by atoms with Crippen molar-refractivity contribution >= 4 is 5.91 Å². The Morgan fingerprint density at radius 1 is 1.25 bits per heavy atom. The van der Waals surface area contributed by atoms with Gasteiger partial charge in [-0.05, 0) is 38.0 Å². The molecule has 0 fully saturated rings. The van der Waals surface area contributed by atoms with Gasteiger partial charge < -0.3 is 15.2 Å². The van der Waals surface area contributed by atoms with Gasteiger partial charge in [0.25, 0.3) is 5.91 Å². The van der Waals surface area contributed by atoms with Gasteiger partial charge in [0.15, 0.2) is 11.4 Å². The third-order valence-corrected chi connectivity index (χ3v) is 3.69. The summed E-state index contributed by atoms with van der Waals surface area (Å²) in [4.78, 5) is 16.6. The summed E-state index contributed by atoms with van der Waals surface area (Å²) < 4.78 is 5.45. The predicted octanol–water partition coefficient (Wildman–Crippen LogP) is 2.76. The number of carbonyl (C=O) groups is 1. The zero-order valence-electron chi connectivity index (χ0n) is 14.1. The van der Waals surface area contributed by atoms with Crippen LogP contribution in [0.2, 0.25) is 0 Å². The minimum absolute atomic E-state index is 0.0365. The van der Waals surface area contributed by atoms with Crippen molar-refractivity contribution < 1.29 is 14.6 Å². The van der Waals surface area contributed by atoms with E-state index in [0.29, 0.717) is 25.3 Å². The van der Waals surface area contributed by atoms with E-state index in [4.69, 9.17) is 4.74 Å². The molecule has 2 N–H and O–H groups in total. The Balaban J connectivity index is 2.07. The summed E-state index contributed by atoms with van der Waals surface area (Å²) in [6.45, 7) is 4.52.